The van der Waals surface area contributed by atoms with E-state index in [2.05, 4.69) is 34.6 Å². The molecule has 6 heteroatoms. The van der Waals surface area contributed by atoms with Gasteiger partial charge in [-0.1, -0.05) is 30.3 Å². The number of nitrogens with zero attached hydrogens (tertiary/aromatic N) is 2. The van der Waals surface area contributed by atoms with Crippen molar-refractivity contribution in [2.24, 2.45) is 0 Å². The highest BCUT2D eigenvalue weighted by Crippen LogP contribution is 2.24. The monoisotopic (exact) mass is 442 g/mol. The SMILES string of the molecule is C[C@H]1CN(Cc2cccc(-c3ccc(F)c(CNC(=O)c4cccc(C#N)c4)c3)c2)CCN1. The Morgan fingerprint density at radius 3 is 2.79 bits per heavy atom. The van der Waals surface area contributed by atoms with Gasteiger partial charge in [-0.25, -0.2) is 4.39 Å². The lowest BCUT2D eigenvalue weighted by molar-refractivity contribution is 0.0950. The van der Waals surface area contributed by atoms with Gasteiger partial charge in [0.2, 0.25) is 0 Å². The molecule has 33 heavy (non-hydrogen) atoms. The molecule has 4 rings (SSSR count). The number of carbonyl (C=O) groups is 1. The Morgan fingerprint density at radius 1 is 1.15 bits per heavy atom. The second-order valence-corrected chi connectivity index (χ2v) is 8.47. The van der Waals surface area contributed by atoms with E-state index in [0.29, 0.717) is 22.7 Å². The normalized spacial score (nSPS) is 16.2. The summed E-state index contributed by atoms with van der Waals surface area (Å²) in [5.74, 6) is -0.708. The summed E-state index contributed by atoms with van der Waals surface area (Å²) in [7, 11) is 0. The molecule has 0 unspecified atom stereocenters. The van der Waals surface area contributed by atoms with Gasteiger partial charge in [-0.05, 0) is 60.0 Å². The molecule has 1 heterocycles. The molecule has 1 saturated heterocycles. The summed E-state index contributed by atoms with van der Waals surface area (Å²) in [5.41, 5.74) is 4.34. The van der Waals surface area contributed by atoms with E-state index in [9.17, 15) is 9.18 Å². The minimum Gasteiger partial charge on any atom is -0.348 e. The third-order valence-corrected chi connectivity index (χ3v) is 5.86. The molecule has 5 nitrogen and oxygen atoms in total. The van der Waals surface area contributed by atoms with Crippen molar-refractivity contribution in [2.75, 3.05) is 19.6 Å². The summed E-state index contributed by atoms with van der Waals surface area (Å²) in [4.78, 5) is 14.9. The number of carbonyl (C=O) groups excluding carboxylic acids is 1. The summed E-state index contributed by atoms with van der Waals surface area (Å²) in [6.45, 7) is 6.17. The summed E-state index contributed by atoms with van der Waals surface area (Å²) in [6, 6.07) is 22.3. The van der Waals surface area contributed by atoms with E-state index in [0.717, 1.165) is 37.3 Å². The molecule has 0 saturated carbocycles. The van der Waals surface area contributed by atoms with Crippen LogP contribution in [0.5, 0.6) is 0 Å². The Kier molecular flexibility index (Phi) is 7.13. The number of halogens is 1. The molecule has 0 radical (unpaired) electrons. The largest absolute Gasteiger partial charge is 0.348 e. The molecule has 0 aliphatic carbocycles. The Balaban J connectivity index is 1.46. The van der Waals surface area contributed by atoms with Crippen molar-refractivity contribution in [3.8, 4) is 17.2 Å². The van der Waals surface area contributed by atoms with Gasteiger partial charge in [-0.2, -0.15) is 5.26 Å². The lowest BCUT2D eigenvalue weighted by Crippen LogP contribution is -2.48. The van der Waals surface area contributed by atoms with Crippen LogP contribution in [0.3, 0.4) is 0 Å². The topological polar surface area (TPSA) is 68.2 Å². The van der Waals surface area contributed by atoms with E-state index in [1.165, 1.54) is 17.7 Å². The van der Waals surface area contributed by atoms with Crippen LogP contribution in [-0.2, 0) is 13.1 Å². The van der Waals surface area contributed by atoms with E-state index in [1.807, 2.05) is 18.2 Å². The number of piperazine rings is 1. The molecule has 168 valence electrons. The third-order valence-electron chi connectivity index (χ3n) is 5.86. The summed E-state index contributed by atoms with van der Waals surface area (Å²) < 4.78 is 14.5. The van der Waals surface area contributed by atoms with Gasteiger partial charge in [0.25, 0.3) is 5.91 Å². The fourth-order valence-electron chi connectivity index (χ4n) is 4.16. The molecule has 1 atom stereocenters. The van der Waals surface area contributed by atoms with Gasteiger partial charge in [-0.3, -0.25) is 9.69 Å². The lowest BCUT2D eigenvalue weighted by Gasteiger charge is -2.31. The smallest absolute Gasteiger partial charge is 0.251 e. The fraction of sp³-hybridized carbons (Fsp3) is 0.259. The highest BCUT2D eigenvalue weighted by atomic mass is 19.1. The number of nitriles is 1. The first-order chi connectivity index (χ1) is 16.0. The molecule has 3 aromatic rings. The van der Waals surface area contributed by atoms with Crippen LogP contribution in [0.2, 0.25) is 0 Å². The minimum atomic E-state index is -0.365. The predicted octanol–water partition coefficient (Wildman–Crippen LogP) is 4.09. The van der Waals surface area contributed by atoms with Crippen molar-refractivity contribution in [1.82, 2.24) is 15.5 Å². The van der Waals surface area contributed by atoms with Gasteiger partial charge in [0.1, 0.15) is 5.82 Å². The van der Waals surface area contributed by atoms with Gasteiger partial charge < -0.3 is 10.6 Å². The molecule has 1 fully saturated rings. The van der Waals surface area contributed by atoms with E-state index < -0.39 is 0 Å². The van der Waals surface area contributed by atoms with E-state index >= 15 is 0 Å². The van der Waals surface area contributed by atoms with Gasteiger partial charge in [0.05, 0.1) is 11.6 Å². The van der Waals surface area contributed by atoms with Gasteiger partial charge in [0.15, 0.2) is 0 Å². The number of hydrogen-bond acceptors (Lipinski definition) is 4. The average Bonchev–Trinajstić information content (AvgIpc) is 2.83. The van der Waals surface area contributed by atoms with Crippen molar-refractivity contribution in [2.45, 2.75) is 26.1 Å². The van der Waals surface area contributed by atoms with Crippen LogP contribution in [0.25, 0.3) is 11.1 Å². The molecule has 0 bridgehead atoms. The van der Waals surface area contributed by atoms with Crippen molar-refractivity contribution in [3.63, 3.8) is 0 Å². The van der Waals surface area contributed by atoms with Crippen LogP contribution < -0.4 is 10.6 Å². The van der Waals surface area contributed by atoms with E-state index in [4.69, 9.17) is 5.26 Å². The zero-order valence-corrected chi connectivity index (χ0v) is 18.6. The first-order valence-corrected chi connectivity index (χ1v) is 11.1. The summed E-state index contributed by atoms with van der Waals surface area (Å²) >= 11 is 0. The number of nitrogens with one attached hydrogen (secondary N) is 2. The molecule has 1 aliphatic rings. The summed E-state index contributed by atoms with van der Waals surface area (Å²) in [6.07, 6.45) is 0. The number of hydrogen-bond donors (Lipinski definition) is 2. The van der Waals surface area contributed by atoms with Crippen molar-refractivity contribution >= 4 is 5.91 Å². The number of amides is 1. The highest BCUT2D eigenvalue weighted by molar-refractivity contribution is 5.94. The summed E-state index contributed by atoms with van der Waals surface area (Å²) in [5, 5.41) is 15.2. The first kappa shape index (κ1) is 22.7. The Bertz CT molecular complexity index is 1190. The molecule has 1 amide bonds. The van der Waals surface area contributed by atoms with Crippen LogP contribution in [0.4, 0.5) is 4.39 Å². The Morgan fingerprint density at radius 2 is 1.97 bits per heavy atom. The quantitative estimate of drug-likeness (QED) is 0.604. The maximum atomic E-state index is 14.5. The van der Waals surface area contributed by atoms with Crippen LogP contribution in [-0.4, -0.2) is 36.5 Å². The van der Waals surface area contributed by atoms with Gasteiger partial charge in [0, 0.05) is 49.9 Å². The number of benzene rings is 3. The third kappa shape index (κ3) is 5.83. The van der Waals surface area contributed by atoms with Crippen LogP contribution >= 0.6 is 0 Å². The maximum absolute atomic E-state index is 14.5. The van der Waals surface area contributed by atoms with Crippen molar-refractivity contribution < 1.29 is 9.18 Å². The van der Waals surface area contributed by atoms with Gasteiger partial charge in [-0.15, -0.1) is 0 Å². The molecule has 0 spiro atoms. The Hall–Kier alpha value is -3.53. The van der Waals surface area contributed by atoms with Gasteiger partial charge >= 0.3 is 0 Å². The second-order valence-electron chi connectivity index (χ2n) is 8.47. The fourth-order valence-corrected chi connectivity index (χ4v) is 4.16. The van der Waals surface area contributed by atoms with Crippen molar-refractivity contribution in [3.05, 3.63) is 94.8 Å². The predicted molar refractivity (Wildman–Crippen MR) is 127 cm³/mol. The first-order valence-electron chi connectivity index (χ1n) is 11.1. The van der Waals surface area contributed by atoms with Crippen LogP contribution in [0.15, 0.2) is 66.7 Å². The molecule has 0 aromatic heterocycles. The second kappa shape index (κ2) is 10.4. The zero-order chi connectivity index (χ0) is 23.2. The minimum absolute atomic E-state index is 0.0631. The van der Waals surface area contributed by atoms with Crippen molar-refractivity contribution in [1.29, 1.82) is 5.26 Å². The Labute approximate surface area is 193 Å². The lowest BCUT2D eigenvalue weighted by atomic mass is 10.00. The molecule has 2 N–H and O–H groups in total. The van der Waals surface area contributed by atoms with E-state index in [1.54, 1.807) is 30.3 Å². The average molecular weight is 443 g/mol. The van der Waals surface area contributed by atoms with E-state index in [-0.39, 0.29) is 18.3 Å². The highest BCUT2D eigenvalue weighted by Gasteiger charge is 2.16. The number of rotatable bonds is 6. The molecular formula is C27H27FN4O. The molecule has 1 aliphatic heterocycles. The van der Waals surface area contributed by atoms with Crippen LogP contribution in [0, 0.1) is 17.1 Å². The molecule has 3 aromatic carbocycles. The molecular weight excluding hydrogens is 415 g/mol. The van der Waals surface area contributed by atoms with Crippen LogP contribution in [0.1, 0.15) is 34.0 Å². The zero-order valence-electron chi connectivity index (χ0n) is 18.6. The maximum Gasteiger partial charge on any atom is 0.251 e. The standard InChI is InChI=1S/C27H27FN4O/c1-19-17-32(11-10-30-19)18-21-5-3-6-22(13-21)23-8-9-26(28)25(14-23)16-31-27(33)24-7-2-4-20(12-24)15-29/h2-9,12-14,19,30H,10-11,16-18H2,1H3,(H,31,33)/t19-/m0/s1.